The minimum absolute atomic E-state index is 0.544. The topological polar surface area (TPSA) is 42.0 Å². The predicted molar refractivity (Wildman–Crippen MR) is 39.8 cm³/mol. The van der Waals surface area contributed by atoms with Crippen LogP contribution in [-0.2, 0) is 11.3 Å². The van der Waals surface area contributed by atoms with Crippen molar-refractivity contribution < 1.29 is 4.79 Å². The molecule has 0 spiro atoms. The first-order chi connectivity index (χ1) is 4.83. The summed E-state index contributed by atoms with van der Waals surface area (Å²) in [6, 6.07) is 0. The van der Waals surface area contributed by atoms with Crippen molar-refractivity contribution in [2.24, 2.45) is 0 Å². The summed E-state index contributed by atoms with van der Waals surface area (Å²) >= 11 is 1.56. The summed E-state index contributed by atoms with van der Waals surface area (Å²) in [5.74, 6) is 0. The Kier molecular flexibility index (Phi) is 2.39. The van der Waals surface area contributed by atoms with Gasteiger partial charge in [-0.1, -0.05) is 0 Å². The molecule has 0 bridgehead atoms. The lowest BCUT2D eigenvalue weighted by Crippen LogP contribution is -2.09. The number of aromatic nitrogens is 1. The van der Waals surface area contributed by atoms with Gasteiger partial charge >= 0.3 is 0 Å². The molecular weight excluding hydrogens is 148 g/mol. The third kappa shape index (κ3) is 1.80. The number of hydrogen-bond donors (Lipinski definition) is 1. The lowest BCUT2D eigenvalue weighted by atomic mass is 10.6. The number of amides is 1. The minimum atomic E-state index is 0.544. The molecule has 0 fully saturated rings. The first-order valence-electron chi connectivity index (χ1n) is 2.91. The Labute approximate surface area is 63.1 Å². The maximum atomic E-state index is 9.85. The molecule has 10 heavy (non-hydrogen) atoms. The van der Waals surface area contributed by atoms with Gasteiger partial charge in [0.1, 0.15) is 5.01 Å². The maximum absolute atomic E-state index is 9.85. The van der Waals surface area contributed by atoms with Gasteiger partial charge in [0, 0.05) is 11.1 Å². The van der Waals surface area contributed by atoms with Gasteiger partial charge in [0.2, 0.25) is 6.41 Å². The molecule has 1 rings (SSSR count). The molecule has 0 radical (unpaired) electrons. The lowest BCUT2D eigenvalue weighted by molar-refractivity contribution is -0.109. The molecular formula is C6H8N2OS. The van der Waals surface area contributed by atoms with E-state index in [0.717, 1.165) is 10.7 Å². The van der Waals surface area contributed by atoms with Crippen molar-refractivity contribution in [2.75, 3.05) is 0 Å². The summed E-state index contributed by atoms with van der Waals surface area (Å²) in [4.78, 5) is 14.0. The number of carbonyl (C=O) groups is 1. The van der Waals surface area contributed by atoms with Crippen LogP contribution in [0.1, 0.15) is 10.7 Å². The highest BCUT2D eigenvalue weighted by atomic mass is 32.1. The molecule has 0 aliphatic heterocycles. The highest BCUT2D eigenvalue weighted by Gasteiger charge is 1.94. The number of aryl methyl sites for hydroxylation is 1. The van der Waals surface area contributed by atoms with Crippen molar-refractivity contribution in [3.05, 3.63) is 16.1 Å². The fraction of sp³-hybridized carbons (Fsp3) is 0.333. The quantitative estimate of drug-likeness (QED) is 0.654. The van der Waals surface area contributed by atoms with Gasteiger partial charge in [0.25, 0.3) is 0 Å². The number of rotatable bonds is 3. The number of nitrogens with zero attached hydrogens (tertiary/aromatic N) is 1. The van der Waals surface area contributed by atoms with Crippen molar-refractivity contribution in [3.63, 3.8) is 0 Å². The van der Waals surface area contributed by atoms with Crippen LogP contribution in [0.2, 0.25) is 0 Å². The van der Waals surface area contributed by atoms with Crippen molar-refractivity contribution in [2.45, 2.75) is 13.5 Å². The predicted octanol–water partition coefficient (Wildman–Crippen LogP) is 0.698. The van der Waals surface area contributed by atoms with E-state index in [0.29, 0.717) is 13.0 Å². The monoisotopic (exact) mass is 156 g/mol. The Hall–Kier alpha value is -0.900. The fourth-order valence-corrected chi connectivity index (χ4v) is 1.34. The zero-order valence-corrected chi connectivity index (χ0v) is 6.44. The molecule has 0 aliphatic carbocycles. The van der Waals surface area contributed by atoms with Crippen LogP contribution in [0.4, 0.5) is 0 Å². The first kappa shape index (κ1) is 7.21. The number of nitrogens with one attached hydrogen (secondary N) is 1. The van der Waals surface area contributed by atoms with Gasteiger partial charge in [0.15, 0.2) is 0 Å². The van der Waals surface area contributed by atoms with Crippen LogP contribution in [-0.4, -0.2) is 11.4 Å². The van der Waals surface area contributed by atoms with Crippen molar-refractivity contribution in [3.8, 4) is 0 Å². The molecule has 3 nitrogen and oxygen atoms in total. The molecule has 1 aromatic heterocycles. The van der Waals surface area contributed by atoms with E-state index in [2.05, 4.69) is 10.3 Å². The Morgan fingerprint density at radius 3 is 3.20 bits per heavy atom. The maximum Gasteiger partial charge on any atom is 0.207 e. The van der Waals surface area contributed by atoms with E-state index in [1.165, 1.54) is 0 Å². The lowest BCUT2D eigenvalue weighted by Gasteiger charge is -1.89. The number of hydrogen-bond acceptors (Lipinski definition) is 3. The summed E-state index contributed by atoms with van der Waals surface area (Å²) in [5, 5.41) is 5.45. The Bertz CT molecular complexity index is 221. The molecule has 1 aromatic rings. The van der Waals surface area contributed by atoms with Crippen LogP contribution in [0.15, 0.2) is 5.38 Å². The highest BCUT2D eigenvalue weighted by Crippen LogP contribution is 2.07. The largest absolute Gasteiger partial charge is 0.352 e. The van der Waals surface area contributed by atoms with E-state index in [-0.39, 0.29) is 0 Å². The standard InChI is InChI=1S/C6H8N2OS/c1-5-3-10-6(8-5)2-7-4-9/h3-4H,2H2,1H3,(H,7,9). The Balaban J connectivity index is 2.49. The normalized spacial score (nSPS) is 9.30. The van der Waals surface area contributed by atoms with E-state index in [4.69, 9.17) is 0 Å². The zero-order chi connectivity index (χ0) is 7.40. The van der Waals surface area contributed by atoms with Crippen LogP contribution >= 0.6 is 11.3 Å². The first-order valence-corrected chi connectivity index (χ1v) is 3.79. The van der Waals surface area contributed by atoms with Crippen molar-refractivity contribution in [1.82, 2.24) is 10.3 Å². The summed E-state index contributed by atoms with van der Waals surface area (Å²) in [7, 11) is 0. The zero-order valence-electron chi connectivity index (χ0n) is 5.63. The van der Waals surface area contributed by atoms with E-state index in [1.807, 2.05) is 12.3 Å². The van der Waals surface area contributed by atoms with Crippen molar-refractivity contribution >= 4 is 17.7 Å². The number of carbonyl (C=O) groups excluding carboxylic acids is 1. The summed E-state index contributed by atoms with van der Waals surface area (Å²) in [6.07, 6.45) is 0.677. The summed E-state index contributed by atoms with van der Waals surface area (Å²) in [5.41, 5.74) is 1.01. The molecule has 54 valence electrons. The van der Waals surface area contributed by atoms with E-state index in [9.17, 15) is 4.79 Å². The molecule has 0 atom stereocenters. The SMILES string of the molecule is Cc1csc(CNC=O)n1. The van der Waals surface area contributed by atoms with Gasteiger partial charge < -0.3 is 5.32 Å². The van der Waals surface area contributed by atoms with Gasteiger partial charge in [-0.05, 0) is 6.92 Å². The third-order valence-corrected chi connectivity index (χ3v) is 1.97. The van der Waals surface area contributed by atoms with Gasteiger partial charge in [0.05, 0.1) is 6.54 Å². The van der Waals surface area contributed by atoms with Crippen LogP contribution in [0.25, 0.3) is 0 Å². The van der Waals surface area contributed by atoms with E-state index >= 15 is 0 Å². The average molecular weight is 156 g/mol. The molecule has 0 aromatic carbocycles. The van der Waals surface area contributed by atoms with E-state index in [1.54, 1.807) is 11.3 Å². The van der Waals surface area contributed by atoms with Gasteiger partial charge in [-0.2, -0.15) is 0 Å². The molecule has 0 saturated carbocycles. The van der Waals surface area contributed by atoms with Crippen LogP contribution in [0.3, 0.4) is 0 Å². The van der Waals surface area contributed by atoms with Crippen LogP contribution < -0.4 is 5.32 Å². The number of thiazole rings is 1. The smallest absolute Gasteiger partial charge is 0.207 e. The second-order valence-corrected chi connectivity index (χ2v) is 2.82. The molecule has 0 saturated heterocycles. The summed E-state index contributed by atoms with van der Waals surface area (Å²) in [6.45, 7) is 2.48. The average Bonchev–Trinajstić information content (AvgIpc) is 2.31. The third-order valence-electron chi connectivity index (χ3n) is 1.00. The molecule has 1 N–H and O–H groups in total. The summed E-state index contributed by atoms with van der Waals surface area (Å²) < 4.78 is 0. The van der Waals surface area contributed by atoms with E-state index < -0.39 is 0 Å². The minimum Gasteiger partial charge on any atom is -0.352 e. The van der Waals surface area contributed by atoms with Crippen LogP contribution in [0, 0.1) is 6.92 Å². The Morgan fingerprint density at radius 1 is 1.90 bits per heavy atom. The molecule has 0 aliphatic rings. The molecule has 1 amide bonds. The second-order valence-electron chi connectivity index (χ2n) is 1.88. The van der Waals surface area contributed by atoms with Crippen LogP contribution in [0.5, 0.6) is 0 Å². The molecule has 0 unspecified atom stereocenters. The van der Waals surface area contributed by atoms with Gasteiger partial charge in [-0.15, -0.1) is 11.3 Å². The Morgan fingerprint density at radius 2 is 2.70 bits per heavy atom. The molecule has 1 heterocycles. The highest BCUT2D eigenvalue weighted by molar-refractivity contribution is 7.09. The van der Waals surface area contributed by atoms with Crippen molar-refractivity contribution in [1.29, 1.82) is 0 Å². The molecule has 4 heteroatoms. The van der Waals surface area contributed by atoms with Gasteiger partial charge in [-0.25, -0.2) is 4.98 Å². The second kappa shape index (κ2) is 3.31. The fourth-order valence-electron chi connectivity index (χ4n) is 0.613. The van der Waals surface area contributed by atoms with Gasteiger partial charge in [-0.3, -0.25) is 4.79 Å².